The Kier molecular flexibility index (Phi) is 7.64. The molecule has 2 unspecified atom stereocenters. The van der Waals surface area contributed by atoms with Gasteiger partial charge in [0.1, 0.15) is 5.82 Å². The monoisotopic (exact) mass is 412 g/mol. The normalized spacial score (nSPS) is 18.7. The van der Waals surface area contributed by atoms with Gasteiger partial charge in [0.2, 0.25) is 5.91 Å². The predicted molar refractivity (Wildman–Crippen MR) is 122 cm³/mol. The first-order chi connectivity index (χ1) is 14.5. The van der Waals surface area contributed by atoms with Crippen molar-refractivity contribution in [3.8, 4) is 0 Å². The van der Waals surface area contributed by atoms with E-state index >= 15 is 0 Å². The quantitative estimate of drug-likeness (QED) is 0.658. The zero-order chi connectivity index (χ0) is 21.7. The summed E-state index contributed by atoms with van der Waals surface area (Å²) >= 11 is 0. The Hall–Kier alpha value is -2.21. The van der Waals surface area contributed by atoms with E-state index in [4.69, 9.17) is 4.98 Å². The van der Waals surface area contributed by atoms with Crippen LogP contribution in [0.3, 0.4) is 0 Å². The molecular formula is C24H36N4O2. The number of fused-ring (bicyclic) bond motifs is 1. The number of rotatable bonds is 8. The molecule has 3 rings (SSSR count). The van der Waals surface area contributed by atoms with Crippen molar-refractivity contribution in [3.63, 3.8) is 0 Å². The van der Waals surface area contributed by atoms with Gasteiger partial charge in [-0.25, -0.2) is 4.98 Å². The molecule has 1 saturated heterocycles. The molecule has 2 atom stereocenters. The zero-order valence-corrected chi connectivity index (χ0v) is 18.9. The van der Waals surface area contributed by atoms with Gasteiger partial charge in [0.05, 0.1) is 16.9 Å². The fourth-order valence-corrected chi connectivity index (χ4v) is 4.59. The molecule has 1 aromatic heterocycles. The lowest BCUT2D eigenvalue weighted by molar-refractivity contribution is -0.136. The van der Waals surface area contributed by atoms with E-state index in [-0.39, 0.29) is 23.6 Å². The van der Waals surface area contributed by atoms with Gasteiger partial charge in [0.25, 0.3) is 5.56 Å². The van der Waals surface area contributed by atoms with Crippen molar-refractivity contribution in [1.29, 1.82) is 0 Å². The second kappa shape index (κ2) is 10.2. The first kappa shape index (κ1) is 22.5. The van der Waals surface area contributed by atoms with E-state index in [2.05, 4.69) is 32.6 Å². The summed E-state index contributed by atoms with van der Waals surface area (Å²) in [6, 6.07) is 7.87. The summed E-state index contributed by atoms with van der Waals surface area (Å²) in [7, 11) is 0. The standard InChI is InChI=1S/C24H36N4O2/c1-5-8-13-22(29)27-16-15-26(17-18(27)4)21(7-3)23-25-20-12-10-9-11-19(20)24(30)28(23)14-6-2/h9-12,18,21H,5-8,13-17H2,1-4H3. The Morgan fingerprint density at radius 1 is 1.17 bits per heavy atom. The molecule has 6 heteroatoms. The molecule has 0 saturated carbocycles. The summed E-state index contributed by atoms with van der Waals surface area (Å²) in [5, 5.41) is 0.685. The van der Waals surface area contributed by atoms with E-state index in [9.17, 15) is 9.59 Å². The van der Waals surface area contributed by atoms with Crippen molar-refractivity contribution in [1.82, 2.24) is 19.4 Å². The molecule has 2 aromatic rings. The highest BCUT2D eigenvalue weighted by molar-refractivity contribution is 5.77. The average molecular weight is 413 g/mol. The predicted octanol–water partition coefficient (Wildman–Crippen LogP) is 3.98. The molecule has 6 nitrogen and oxygen atoms in total. The van der Waals surface area contributed by atoms with Gasteiger partial charge in [-0.2, -0.15) is 0 Å². The highest BCUT2D eigenvalue weighted by Crippen LogP contribution is 2.27. The Labute approximate surface area is 179 Å². The molecule has 30 heavy (non-hydrogen) atoms. The van der Waals surface area contributed by atoms with Gasteiger partial charge >= 0.3 is 0 Å². The highest BCUT2D eigenvalue weighted by atomic mass is 16.2. The molecule has 1 aromatic carbocycles. The van der Waals surface area contributed by atoms with Gasteiger partial charge in [-0.1, -0.05) is 39.3 Å². The number of amides is 1. The molecule has 1 aliphatic rings. The summed E-state index contributed by atoms with van der Waals surface area (Å²) in [4.78, 5) is 35.2. The van der Waals surface area contributed by atoms with Crippen molar-refractivity contribution < 1.29 is 4.79 Å². The molecule has 0 radical (unpaired) electrons. The third-order valence-electron chi connectivity index (χ3n) is 6.19. The topological polar surface area (TPSA) is 58.4 Å². The number of nitrogens with zero attached hydrogens (tertiary/aromatic N) is 4. The zero-order valence-electron chi connectivity index (χ0n) is 18.9. The lowest BCUT2D eigenvalue weighted by Gasteiger charge is -2.43. The van der Waals surface area contributed by atoms with Gasteiger partial charge in [-0.3, -0.25) is 19.1 Å². The molecule has 0 aliphatic carbocycles. The largest absolute Gasteiger partial charge is 0.337 e. The fourth-order valence-electron chi connectivity index (χ4n) is 4.59. The summed E-state index contributed by atoms with van der Waals surface area (Å²) in [6.45, 7) is 11.5. The van der Waals surface area contributed by atoms with Crippen molar-refractivity contribution in [2.45, 2.75) is 78.4 Å². The summed E-state index contributed by atoms with van der Waals surface area (Å²) in [6.07, 6.45) is 4.40. The van der Waals surface area contributed by atoms with E-state index < -0.39 is 0 Å². The average Bonchev–Trinajstić information content (AvgIpc) is 2.75. The van der Waals surface area contributed by atoms with Crippen molar-refractivity contribution in [3.05, 3.63) is 40.4 Å². The third kappa shape index (κ3) is 4.59. The second-order valence-corrected chi connectivity index (χ2v) is 8.40. The van der Waals surface area contributed by atoms with E-state index in [0.717, 1.165) is 56.7 Å². The smallest absolute Gasteiger partial charge is 0.261 e. The minimum absolute atomic E-state index is 0.0531. The minimum Gasteiger partial charge on any atom is -0.337 e. The Morgan fingerprint density at radius 2 is 1.93 bits per heavy atom. The Morgan fingerprint density at radius 3 is 2.60 bits per heavy atom. The van der Waals surface area contributed by atoms with Gasteiger partial charge in [0, 0.05) is 38.6 Å². The maximum atomic E-state index is 13.2. The van der Waals surface area contributed by atoms with Crippen LogP contribution in [-0.2, 0) is 11.3 Å². The van der Waals surface area contributed by atoms with Gasteiger partial charge in [-0.15, -0.1) is 0 Å². The van der Waals surface area contributed by atoms with Crippen LogP contribution in [0.5, 0.6) is 0 Å². The summed E-state index contributed by atoms with van der Waals surface area (Å²) in [5.41, 5.74) is 0.821. The molecule has 0 spiro atoms. The lowest BCUT2D eigenvalue weighted by atomic mass is 10.1. The molecular weight excluding hydrogens is 376 g/mol. The van der Waals surface area contributed by atoms with Crippen LogP contribution in [0.1, 0.15) is 71.7 Å². The van der Waals surface area contributed by atoms with Crippen LogP contribution in [0.25, 0.3) is 10.9 Å². The maximum absolute atomic E-state index is 13.2. The van der Waals surface area contributed by atoms with E-state index in [1.165, 1.54) is 0 Å². The summed E-state index contributed by atoms with van der Waals surface area (Å²) in [5.74, 6) is 1.13. The van der Waals surface area contributed by atoms with Crippen molar-refractivity contribution >= 4 is 16.8 Å². The number of aromatic nitrogens is 2. The molecule has 2 heterocycles. The van der Waals surface area contributed by atoms with Gasteiger partial charge in [-0.05, 0) is 38.3 Å². The number of benzene rings is 1. The van der Waals surface area contributed by atoms with Crippen molar-refractivity contribution in [2.24, 2.45) is 0 Å². The molecule has 164 valence electrons. The second-order valence-electron chi connectivity index (χ2n) is 8.40. The number of carbonyl (C=O) groups excluding carboxylic acids is 1. The fraction of sp³-hybridized carbons (Fsp3) is 0.625. The first-order valence-corrected chi connectivity index (χ1v) is 11.5. The van der Waals surface area contributed by atoms with E-state index in [1.807, 2.05) is 33.7 Å². The van der Waals surface area contributed by atoms with Crippen LogP contribution in [0, 0.1) is 0 Å². The van der Waals surface area contributed by atoms with Crippen LogP contribution >= 0.6 is 0 Å². The third-order valence-corrected chi connectivity index (χ3v) is 6.19. The van der Waals surface area contributed by atoms with Crippen LogP contribution in [0.2, 0.25) is 0 Å². The van der Waals surface area contributed by atoms with Gasteiger partial charge < -0.3 is 4.90 Å². The van der Waals surface area contributed by atoms with Crippen LogP contribution in [-0.4, -0.2) is 50.9 Å². The number of unbranched alkanes of at least 4 members (excludes halogenated alkanes) is 1. The molecule has 0 N–H and O–H groups in total. The van der Waals surface area contributed by atoms with E-state index in [0.29, 0.717) is 18.4 Å². The minimum atomic E-state index is 0.0531. The molecule has 0 bridgehead atoms. The Bertz CT molecular complexity index is 923. The number of para-hydroxylation sites is 1. The van der Waals surface area contributed by atoms with Crippen molar-refractivity contribution in [2.75, 3.05) is 19.6 Å². The van der Waals surface area contributed by atoms with Gasteiger partial charge in [0.15, 0.2) is 0 Å². The van der Waals surface area contributed by atoms with Crippen LogP contribution < -0.4 is 5.56 Å². The summed E-state index contributed by atoms with van der Waals surface area (Å²) < 4.78 is 1.87. The lowest BCUT2D eigenvalue weighted by Crippen LogP contribution is -2.55. The highest BCUT2D eigenvalue weighted by Gasteiger charge is 2.32. The number of hydrogen-bond acceptors (Lipinski definition) is 4. The Balaban J connectivity index is 1.89. The molecule has 1 aliphatic heterocycles. The number of hydrogen-bond donors (Lipinski definition) is 0. The SMILES string of the molecule is CCCCC(=O)N1CCN(C(CC)c2nc3ccccc3c(=O)n2CCC)CC1C. The van der Waals surface area contributed by atoms with Crippen LogP contribution in [0.4, 0.5) is 0 Å². The maximum Gasteiger partial charge on any atom is 0.261 e. The number of piperazine rings is 1. The van der Waals surface area contributed by atoms with E-state index in [1.54, 1.807) is 0 Å². The molecule has 1 fully saturated rings. The van der Waals surface area contributed by atoms with Crippen LogP contribution in [0.15, 0.2) is 29.1 Å². The number of carbonyl (C=O) groups is 1. The molecule has 1 amide bonds. The first-order valence-electron chi connectivity index (χ1n) is 11.5.